The zero-order chi connectivity index (χ0) is 45.9. The number of rotatable bonds is 6. The quantitative estimate of drug-likeness (QED) is 0.165. The third-order valence-corrected chi connectivity index (χ3v) is 17.2. The molecule has 0 fully saturated rings. The second-order valence-electron chi connectivity index (χ2n) is 18.3. The minimum absolute atomic E-state index is 0.582. The lowest BCUT2D eigenvalue weighted by Crippen LogP contribution is -2.32. The second kappa shape index (κ2) is 15.3. The van der Waals surface area contributed by atoms with Crippen LogP contribution in [-0.4, -0.2) is 0 Å². The van der Waals surface area contributed by atoms with Crippen molar-refractivity contribution in [3.8, 4) is 11.1 Å². The molecule has 3 heterocycles. The van der Waals surface area contributed by atoms with Crippen molar-refractivity contribution in [1.29, 1.82) is 0 Å². The van der Waals surface area contributed by atoms with Gasteiger partial charge in [0.15, 0.2) is 0 Å². The van der Waals surface area contributed by atoms with Gasteiger partial charge in [0.25, 0.3) is 0 Å². The SMILES string of the molecule is c1ccc(N(c2ccccc2)c2ccc3c(c2)sc2c4c(ccc23)C2(c3ccccc3-c3ccccc32)c2cccc(N(c3ccccc3)c3cccc5oc6cc7ccccc7cc6c35)c2S4)cc1. The largest absolute Gasteiger partial charge is 0.456 e. The Morgan fingerprint density at radius 2 is 0.914 bits per heavy atom. The molecule has 328 valence electrons. The van der Waals surface area contributed by atoms with E-state index in [1.165, 1.54) is 74.1 Å². The maximum atomic E-state index is 6.75. The molecular formula is C65H40N2OS2. The van der Waals surface area contributed by atoms with Crippen LogP contribution in [0.25, 0.3) is 64.0 Å². The summed E-state index contributed by atoms with van der Waals surface area (Å²) in [4.78, 5) is 7.40. The van der Waals surface area contributed by atoms with Crippen molar-refractivity contribution in [1.82, 2.24) is 0 Å². The molecule has 0 N–H and O–H groups in total. The number of benzene rings is 11. The Morgan fingerprint density at radius 1 is 0.357 bits per heavy atom. The van der Waals surface area contributed by atoms with E-state index >= 15 is 0 Å². The van der Waals surface area contributed by atoms with Crippen LogP contribution in [0.1, 0.15) is 22.3 Å². The second-order valence-corrected chi connectivity index (χ2v) is 20.4. The predicted octanol–water partition coefficient (Wildman–Crippen LogP) is 18.9. The average molecular weight is 929 g/mol. The van der Waals surface area contributed by atoms with Crippen molar-refractivity contribution in [3.63, 3.8) is 0 Å². The monoisotopic (exact) mass is 928 g/mol. The highest BCUT2D eigenvalue weighted by Crippen LogP contribution is 2.65. The highest BCUT2D eigenvalue weighted by atomic mass is 32.2. The van der Waals surface area contributed by atoms with Crippen LogP contribution in [0.3, 0.4) is 0 Å². The summed E-state index contributed by atoms with van der Waals surface area (Å²) in [5.74, 6) is 0. The number of hydrogen-bond acceptors (Lipinski definition) is 5. The van der Waals surface area contributed by atoms with Crippen molar-refractivity contribution in [2.24, 2.45) is 0 Å². The molecule has 2 aliphatic rings. The van der Waals surface area contributed by atoms with Gasteiger partial charge >= 0.3 is 0 Å². The van der Waals surface area contributed by atoms with Crippen molar-refractivity contribution < 1.29 is 4.42 Å². The summed E-state index contributed by atoms with van der Waals surface area (Å²) >= 11 is 3.85. The van der Waals surface area contributed by atoms with Crippen molar-refractivity contribution in [2.45, 2.75) is 15.2 Å². The zero-order valence-corrected chi connectivity index (χ0v) is 39.3. The summed E-state index contributed by atoms with van der Waals surface area (Å²) in [6, 6.07) is 89.1. The van der Waals surface area contributed by atoms with Gasteiger partial charge < -0.3 is 14.2 Å². The third-order valence-electron chi connectivity index (χ3n) is 14.7. The van der Waals surface area contributed by atoms with Gasteiger partial charge in [-0.3, -0.25) is 0 Å². The summed E-state index contributed by atoms with van der Waals surface area (Å²) in [6.45, 7) is 0. The minimum Gasteiger partial charge on any atom is -0.456 e. The van der Waals surface area contributed by atoms with Gasteiger partial charge in [0.05, 0.1) is 22.2 Å². The first-order valence-corrected chi connectivity index (χ1v) is 25.5. The molecule has 0 atom stereocenters. The maximum Gasteiger partial charge on any atom is 0.137 e. The first-order chi connectivity index (χ1) is 34.7. The van der Waals surface area contributed by atoms with E-state index in [2.05, 4.69) is 252 Å². The van der Waals surface area contributed by atoms with Gasteiger partial charge in [-0.05, 0) is 123 Å². The fourth-order valence-electron chi connectivity index (χ4n) is 11.8. The maximum absolute atomic E-state index is 6.75. The van der Waals surface area contributed by atoms with Crippen LogP contribution in [0.2, 0.25) is 0 Å². The number of furan rings is 1. The first kappa shape index (κ1) is 39.6. The number of thiophene rings is 1. The van der Waals surface area contributed by atoms with E-state index in [0.29, 0.717) is 0 Å². The molecule has 2 aromatic heterocycles. The van der Waals surface area contributed by atoms with E-state index in [1.54, 1.807) is 0 Å². The van der Waals surface area contributed by atoms with Crippen LogP contribution in [0.4, 0.5) is 34.1 Å². The van der Waals surface area contributed by atoms with E-state index in [0.717, 1.165) is 56.1 Å². The fourth-order valence-corrected chi connectivity index (χ4v) is 14.5. The van der Waals surface area contributed by atoms with E-state index in [1.807, 2.05) is 23.1 Å². The lowest BCUT2D eigenvalue weighted by molar-refractivity contribution is 0.669. The number of para-hydroxylation sites is 3. The number of anilines is 6. The minimum atomic E-state index is -0.582. The van der Waals surface area contributed by atoms with Gasteiger partial charge in [0.2, 0.25) is 0 Å². The molecule has 15 rings (SSSR count). The normalized spacial score (nSPS) is 13.2. The Hall–Kier alpha value is -8.35. The number of fused-ring (bicyclic) bond motifs is 17. The Balaban J connectivity index is 1.01. The van der Waals surface area contributed by atoms with Gasteiger partial charge in [-0.15, -0.1) is 11.3 Å². The van der Waals surface area contributed by atoms with E-state index in [9.17, 15) is 0 Å². The Bertz CT molecular complexity index is 4150. The smallest absolute Gasteiger partial charge is 0.137 e. The molecule has 1 aliphatic heterocycles. The van der Waals surface area contributed by atoms with E-state index < -0.39 is 5.41 Å². The molecule has 1 aliphatic carbocycles. The molecule has 13 aromatic rings. The summed E-state index contributed by atoms with van der Waals surface area (Å²) in [5, 5.41) is 7.11. The van der Waals surface area contributed by atoms with Gasteiger partial charge in [-0.1, -0.05) is 176 Å². The Kier molecular flexibility index (Phi) is 8.68. The predicted molar refractivity (Wildman–Crippen MR) is 295 cm³/mol. The molecular weight excluding hydrogens is 889 g/mol. The van der Waals surface area contributed by atoms with Crippen LogP contribution >= 0.6 is 23.1 Å². The van der Waals surface area contributed by atoms with Crippen LogP contribution in [-0.2, 0) is 5.41 Å². The number of hydrogen-bond donors (Lipinski definition) is 0. The lowest BCUT2D eigenvalue weighted by Gasteiger charge is -2.41. The van der Waals surface area contributed by atoms with Crippen LogP contribution < -0.4 is 9.80 Å². The molecule has 0 amide bonds. The molecule has 3 nitrogen and oxygen atoms in total. The molecule has 0 saturated carbocycles. The lowest BCUT2D eigenvalue weighted by atomic mass is 9.67. The Labute approximate surface area is 413 Å². The van der Waals surface area contributed by atoms with Crippen molar-refractivity contribution in [3.05, 3.63) is 265 Å². The molecule has 0 radical (unpaired) electrons. The van der Waals surface area contributed by atoms with E-state index in [-0.39, 0.29) is 0 Å². The number of nitrogens with zero attached hydrogens (tertiary/aromatic N) is 2. The van der Waals surface area contributed by atoms with Crippen LogP contribution in [0.15, 0.2) is 257 Å². The first-order valence-electron chi connectivity index (χ1n) is 23.8. The van der Waals surface area contributed by atoms with Crippen LogP contribution in [0, 0.1) is 0 Å². The fraction of sp³-hybridized carbons (Fsp3) is 0.0154. The molecule has 11 aromatic carbocycles. The van der Waals surface area contributed by atoms with Gasteiger partial charge in [0.1, 0.15) is 11.2 Å². The highest BCUT2D eigenvalue weighted by Gasteiger charge is 2.51. The molecule has 70 heavy (non-hydrogen) atoms. The topological polar surface area (TPSA) is 19.6 Å². The summed E-state index contributed by atoms with van der Waals surface area (Å²) in [5.41, 5.74) is 15.7. The van der Waals surface area contributed by atoms with E-state index in [4.69, 9.17) is 4.42 Å². The average Bonchev–Trinajstić information content (AvgIpc) is 4.08. The zero-order valence-electron chi connectivity index (χ0n) is 37.7. The summed E-state index contributed by atoms with van der Waals surface area (Å²) in [6.07, 6.45) is 0. The molecule has 0 bridgehead atoms. The third kappa shape index (κ3) is 5.65. The molecule has 1 spiro atoms. The molecule has 0 unspecified atom stereocenters. The summed E-state index contributed by atoms with van der Waals surface area (Å²) < 4.78 is 9.32. The standard InChI is InChI=1S/C65H40N2OS2/c1-4-20-43(21-5-1)66(44-22-6-2-7-23-44)46-34-35-49-50-36-37-55-64(62(50)69-60(49)40-46)70-63-54(65(55)52-28-14-12-26-47(52)48-27-13-15-29-53(48)65)30-16-32-57(63)67(45-24-8-3-9-25-45)56-31-17-33-58-61(56)51-38-41-18-10-11-19-42(41)39-59(51)68-58/h1-40H. The molecule has 0 saturated heterocycles. The van der Waals surface area contributed by atoms with Crippen molar-refractivity contribution >= 4 is 110 Å². The highest BCUT2D eigenvalue weighted by molar-refractivity contribution is 8.00. The van der Waals surface area contributed by atoms with Gasteiger partial charge in [0, 0.05) is 58.1 Å². The molecule has 5 heteroatoms. The Morgan fingerprint density at radius 3 is 1.61 bits per heavy atom. The van der Waals surface area contributed by atoms with Crippen molar-refractivity contribution in [2.75, 3.05) is 9.80 Å². The van der Waals surface area contributed by atoms with Crippen LogP contribution in [0.5, 0.6) is 0 Å². The van der Waals surface area contributed by atoms with Gasteiger partial charge in [-0.25, -0.2) is 0 Å². The summed E-state index contributed by atoms with van der Waals surface area (Å²) in [7, 11) is 0. The van der Waals surface area contributed by atoms with Gasteiger partial charge in [-0.2, -0.15) is 0 Å².